The van der Waals surface area contributed by atoms with Crippen molar-refractivity contribution in [2.75, 3.05) is 0 Å². The minimum atomic E-state index is -0.755. The molecule has 102 valence electrons. The Bertz CT molecular complexity index is 343. The second-order valence-corrected chi connectivity index (χ2v) is 7.49. The second kappa shape index (κ2) is 4.53. The van der Waals surface area contributed by atoms with Crippen molar-refractivity contribution < 1.29 is 5.11 Å². The fourth-order valence-corrected chi connectivity index (χ4v) is 4.50. The molecule has 0 aromatic rings. The minimum absolute atomic E-state index is 0.0849. The lowest BCUT2D eigenvalue weighted by Gasteiger charge is -2.53. The van der Waals surface area contributed by atoms with Crippen LogP contribution in [0.1, 0.15) is 72.1 Å². The van der Waals surface area contributed by atoms with E-state index in [1.165, 1.54) is 6.42 Å². The molecule has 0 bridgehead atoms. The molecule has 2 atom stereocenters. The van der Waals surface area contributed by atoms with E-state index < -0.39 is 11.0 Å². The molecule has 2 unspecified atom stereocenters. The first kappa shape index (κ1) is 13.9. The second-order valence-electron chi connectivity index (χ2n) is 7.49. The molecular formula is C16H27NO. The Morgan fingerprint density at radius 3 is 2.11 bits per heavy atom. The summed E-state index contributed by atoms with van der Waals surface area (Å²) >= 11 is 0. The molecule has 2 nitrogen and oxygen atoms in total. The Morgan fingerprint density at radius 2 is 1.61 bits per heavy atom. The number of hydrogen-bond donors (Lipinski definition) is 1. The van der Waals surface area contributed by atoms with Crippen molar-refractivity contribution in [1.82, 2.24) is 0 Å². The van der Waals surface area contributed by atoms with Gasteiger partial charge in [0, 0.05) is 0 Å². The predicted octanol–water partition coefficient (Wildman–Crippen LogP) is 4.04. The summed E-state index contributed by atoms with van der Waals surface area (Å²) in [5.74, 6) is 0.261. The fourth-order valence-electron chi connectivity index (χ4n) is 4.50. The number of nitrogens with zero attached hydrogens (tertiary/aromatic N) is 1. The first-order valence-electron chi connectivity index (χ1n) is 7.49. The third-order valence-electron chi connectivity index (χ3n) is 5.42. The highest BCUT2D eigenvalue weighted by Crippen LogP contribution is 2.57. The predicted molar refractivity (Wildman–Crippen MR) is 72.9 cm³/mol. The lowest BCUT2D eigenvalue weighted by atomic mass is 9.54. The minimum Gasteiger partial charge on any atom is -0.388 e. The highest BCUT2D eigenvalue weighted by molar-refractivity contribution is 5.17. The molecule has 0 aliphatic heterocycles. The normalized spacial score (nSPS) is 36.3. The third kappa shape index (κ3) is 1.97. The van der Waals surface area contributed by atoms with Gasteiger partial charge in [-0.3, -0.25) is 0 Å². The number of hydrogen-bond acceptors (Lipinski definition) is 2. The molecule has 0 spiro atoms. The van der Waals surface area contributed by atoms with Crippen molar-refractivity contribution in [2.24, 2.45) is 16.7 Å². The van der Waals surface area contributed by atoms with E-state index in [-0.39, 0.29) is 11.3 Å². The van der Waals surface area contributed by atoms with Gasteiger partial charge in [-0.2, -0.15) is 5.26 Å². The summed E-state index contributed by atoms with van der Waals surface area (Å²) in [6, 6.07) is 2.54. The molecule has 2 heteroatoms. The molecule has 0 heterocycles. The van der Waals surface area contributed by atoms with Crippen LogP contribution in [0.5, 0.6) is 0 Å². The Morgan fingerprint density at radius 1 is 1.06 bits per heavy atom. The number of nitriles is 1. The zero-order valence-electron chi connectivity index (χ0n) is 12.1. The van der Waals surface area contributed by atoms with Gasteiger partial charge in [-0.05, 0) is 37.0 Å². The topological polar surface area (TPSA) is 44.0 Å². The van der Waals surface area contributed by atoms with E-state index in [9.17, 15) is 10.4 Å². The Hall–Kier alpha value is -0.550. The summed E-state index contributed by atoms with van der Waals surface area (Å²) in [4.78, 5) is 0. The SMILES string of the molecule is CC(C)(C)C1CCCCC1(O)C1(C#N)CCCC1. The maximum Gasteiger partial charge on any atom is 0.0866 e. The number of rotatable bonds is 1. The van der Waals surface area contributed by atoms with Gasteiger partial charge in [-0.15, -0.1) is 0 Å². The molecule has 2 fully saturated rings. The molecule has 0 aromatic heterocycles. The van der Waals surface area contributed by atoms with E-state index in [2.05, 4.69) is 26.8 Å². The average molecular weight is 249 g/mol. The molecule has 2 aliphatic carbocycles. The van der Waals surface area contributed by atoms with Gasteiger partial charge in [0.2, 0.25) is 0 Å². The zero-order valence-corrected chi connectivity index (χ0v) is 12.1. The molecule has 0 amide bonds. The van der Waals surface area contributed by atoms with Crippen LogP contribution in [-0.2, 0) is 0 Å². The van der Waals surface area contributed by atoms with Gasteiger partial charge in [-0.25, -0.2) is 0 Å². The van der Waals surface area contributed by atoms with Crippen LogP contribution in [0.3, 0.4) is 0 Å². The van der Waals surface area contributed by atoms with E-state index >= 15 is 0 Å². The van der Waals surface area contributed by atoms with E-state index in [0.29, 0.717) is 0 Å². The van der Waals surface area contributed by atoms with Crippen molar-refractivity contribution in [3.63, 3.8) is 0 Å². The van der Waals surface area contributed by atoms with Gasteiger partial charge in [-0.1, -0.05) is 46.5 Å². The maximum atomic E-state index is 11.4. The highest BCUT2D eigenvalue weighted by atomic mass is 16.3. The summed E-state index contributed by atoms with van der Waals surface area (Å²) in [7, 11) is 0. The van der Waals surface area contributed by atoms with Crippen molar-refractivity contribution >= 4 is 0 Å². The Balaban J connectivity index is 2.39. The fraction of sp³-hybridized carbons (Fsp3) is 0.938. The van der Waals surface area contributed by atoms with Gasteiger partial charge in [0.25, 0.3) is 0 Å². The van der Waals surface area contributed by atoms with E-state index in [4.69, 9.17) is 0 Å². The summed E-state index contributed by atoms with van der Waals surface area (Å²) in [6.07, 6.45) is 8.17. The average Bonchev–Trinajstić information content (AvgIpc) is 2.78. The maximum absolute atomic E-state index is 11.4. The van der Waals surface area contributed by atoms with Crippen LogP contribution in [0.25, 0.3) is 0 Å². The molecule has 0 radical (unpaired) electrons. The van der Waals surface area contributed by atoms with Crippen molar-refractivity contribution in [1.29, 1.82) is 5.26 Å². The third-order valence-corrected chi connectivity index (χ3v) is 5.42. The molecule has 2 saturated carbocycles. The molecule has 1 N–H and O–H groups in total. The van der Waals surface area contributed by atoms with Crippen LogP contribution >= 0.6 is 0 Å². The van der Waals surface area contributed by atoms with Gasteiger partial charge in [0.05, 0.1) is 17.1 Å². The van der Waals surface area contributed by atoms with Crippen molar-refractivity contribution in [3.05, 3.63) is 0 Å². The quantitative estimate of drug-likeness (QED) is 0.762. The van der Waals surface area contributed by atoms with Crippen LogP contribution < -0.4 is 0 Å². The largest absolute Gasteiger partial charge is 0.388 e. The summed E-state index contributed by atoms with van der Waals surface area (Å²) in [5.41, 5.74) is -1.14. The highest BCUT2D eigenvalue weighted by Gasteiger charge is 2.59. The zero-order chi connectivity index (χ0) is 13.4. The summed E-state index contributed by atoms with van der Waals surface area (Å²) < 4.78 is 0. The lowest BCUT2D eigenvalue weighted by Crippen LogP contribution is -2.57. The van der Waals surface area contributed by atoms with Gasteiger partial charge >= 0.3 is 0 Å². The first-order valence-corrected chi connectivity index (χ1v) is 7.49. The smallest absolute Gasteiger partial charge is 0.0866 e. The summed E-state index contributed by atoms with van der Waals surface area (Å²) in [5, 5.41) is 21.1. The molecule has 2 rings (SSSR count). The van der Waals surface area contributed by atoms with Crippen LogP contribution in [0.2, 0.25) is 0 Å². The molecular weight excluding hydrogens is 222 g/mol. The first-order chi connectivity index (χ1) is 8.36. The standard InChI is InChI=1S/C16H27NO/c1-14(2,3)13-8-4-5-11-16(13,18)15(12-17)9-6-7-10-15/h13,18H,4-11H2,1-3H3. The van der Waals surface area contributed by atoms with Gasteiger partial charge in [0.15, 0.2) is 0 Å². The number of aliphatic hydroxyl groups is 1. The molecule has 2 aliphatic rings. The Labute approximate surface area is 111 Å². The van der Waals surface area contributed by atoms with Crippen molar-refractivity contribution in [2.45, 2.75) is 77.7 Å². The lowest BCUT2D eigenvalue weighted by molar-refractivity contribution is -0.153. The van der Waals surface area contributed by atoms with E-state index in [1.54, 1.807) is 0 Å². The van der Waals surface area contributed by atoms with E-state index in [1.807, 2.05) is 0 Å². The molecule has 0 aromatic carbocycles. The van der Waals surface area contributed by atoms with Crippen molar-refractivity contribution in [3.8, 4) is 6.07 Å². The Kier molecular flexibility index (Phi) is 3.49. The van der Waals surface area contributed by atoms with Gasteiger partial charge in [0.1, 0.15) is 0 Å². The van der Waals surface area contributed by atoms with Crippen LogP contribution in [-0.4, -0.2) is 10.7 Å². The van der Waals surface area contributed by atoms with Gasteiger partial charge < -0.3 is 5.11 Å². The molecule has 0 saturated heterocycles. The molecule has 18 heavy (non-hydrogen) atoms. The summed E-state index contributed by atoms with van der Waals surface area (Å²) in [6.45, 7) is 6.65. The monoisotopic (exact) mass is 249 g/mol. The van der Waals surface area contributed by atoms with Crippen LogP contribution in [0, 0.1) is 28.1 Å². The van der Waals surface area contributed by atoms with E-state index in [0.717, 1.165) is 44.9 Å². The van der Waals surface area contributed by atoms with Crippen LogP contribution in [0.15, 0.2) is 0 Å². The van der Waals surface area contributed by atoms with Crippen LogP contribution in [0.4, 0.5) is 0 Å².